The number of nitrogens with zero attached hydrogens (tertiary/aromatic N) is 3. The molecular formula is C30H33N5O2. The molecule has 2 bridgehead atoms. The van der Waals surface area contributed by atoms with Gasteiger partial charge in [-0.2, -0.15) is 5.26 Å². The molecule has 2 aromatic carbocycles. The van der Waals surface area contributed by atoms with Gasteiger partial charge < -0.3 is 20.4 Å². The fourth-order valence-corrected chi connectivity index (χ4v) is 6.94. The summed E-state index contributed by atoms with van der Waals surface area (Å²) in [5.41, 5.74) is 8.68. The number of anilines is 2. The number of piperidine rings is 1. The molecule has 7 heteroatoms. The minimum absolute atomic E-state index is 0.361. The Morgan fingerprint density at radius 3 is 2.59 bits per heavy atom. The van der Waals surface area contributed by atoms with Crippen molar-refractivity contribution in [3.63, 3.8) is 0 Å². The fourth-order valence-electron chi connectivity index (χ4n) is 6.94. The summed E-state index contributed by atoms with van der Waals surface area (Å²) in [7, 11) is 0. The molecule has 0 unspecified atom stereocenters. The summed E-state index contributed by atoms with van der Waals surface area (Å²) in [6.45, 7) is 1.14. The molecule has 6 rings (SSSR count). The number of amides is 1. The van der Waals surface area contributed by atoms with Gasteiger partial charge in [-0.25, -0.2) is 4.98 Å². The third-order valence-electron chi connectivity index (χ3n) is 8.72. The summed E-state index contributed by atoms with van der Waals surface area (Å²) in [5.74, 6) is 2.31. The highest BCUT2D eigenvalue weighted by Crippen LogP contribution is 2.48. The maximum absolute atomic E-state index is 11.3. The topological polar surface area (TPSA) is 108 Å². The van der Waals surface area contributed by atoms with E-state index in [9.17, 15) is 4.79 Å². The lowest BCUT2D eigenvalue weighted by molar-refractivity contribution is 0.100. The number of nitrogens with one attached hydrogen (secondary N) is 1. The number of carbonyl (C=O) groups is 1. The van der Waals surface area contributed by atoms with Gasteiger partial charge in [0.25, 0.3) is 6.01 Å². The van der Waals surface area contributed by atoms with Crippen molar-refractivity contribution in [2.75, 3.05) is 16.8 Å². The van der Waals surface area contributed by atoms with Gasteiger partial charge in [0.15, 0.2) is 5.76 Å². The van der Waals surface area contributed by atoms with Crippen LogP contribution in [-0.4, -0.2) is 29.5 Å². The number of primary amides is 1. The van der Waals surface area contributed by atoms with Crippen molar-refractivity contribution in [2.24, 2.45) is 23.5 Å². The second kappa shape index (κ2) is 9.93. The van der Waals surface area contributed by atoms with Gasteiger partial charge in [0, 0.05) is 35.4 Å². The molecule has 2 heterocycles. The number of aromatic nitrogens is 1. The first kappa shape index (κ1) is 23.6. The number of nitriles is 1. The number of nitrogens with two attached hydrogens (primary N) is 1. The zero-order valence-corrected chi connectivity index (χ0v) is 21.0. The highest BCUT2D eigenvalue weighted by atomic mass is 16.4. The Morgan fingerprint density at radius 1 is 1.08 bits per heavy atom. The number of hydrogen-bond donors (Lipinski definition) is 2. The second-order valence-corrected chi connectivity index (χ2v) is 11.0. The number of benzene rings is 2. The standard InChI is InChI=1S/C30H33N5O2/c31-16-19-5-11-25(12-6-19)35-18-20-13-24(27(35)14-20)15-23-3-1-2-4-26(23)34-30-33-17-28(37-30)21-7-9-22(10-8-21)29(32)36/h5-12,17,20,23-24,26-27H,1-4,13-15,18H2,(H2,32,36)(H,33,34)/t20-,23+,24-,26-,27-/m1/s1. The molecule has 3 N–H and O–H groups in total. The van der Waals surface area contributed by atoms with Gasteiger partial charge in [-0.05, 0) is 86.3 Å². The van der Waals surface area contributed by atoms with Crippen LogP contribution in [-0.2, 0) is 0 Å². The molecule has 3 aromatic rings. The van der Waals surface area contributed by atoms with E-state index in [1.54, 1.807) is 18.3 Å². The largest absolute Gasteiger partial charge is 0.424 e. The molecular weight excluding hydrogens is 462 g/mol. The zero-order chi connectivity index (χ0) is 25.4. The van der Waals surface area contributed by atoms with Gasteiger partial charge in [-0.15, -0.1) is 0 Å². The third kappa shape index (κ3) is 4.81. The highest BCUT2D eigenvalue weighted by molar-refractivity contribution is 5.93. The maximum atomic E-state index is 11.3. The Hall–Kier alpha value is -3.79. The number of rotatable bonds is 7. The summed E-state index contributed by atoms with van der Waals surface area (Å²) >= 11 is 0. The number of hydrogen-bond acceptors (Lipinski definition) is 6. The Balaban J connectivity index is 1.12. The van der Waals surface area contributed by atoms with Crippen LogP contribution in [0.1, 0.15) is 60.9 Å². The lowest BCUT2D eigenvalue weighted by atomic mass is 9.77. The van der Waals surface area contributed by atoms with Crippen LogP contribution in [0.4, 0.5) is 11.7 Å². The third-order valence-corrected chi connectivity index (χ3v) is 8.72. The second-order valence-electron chi connectivity index (χ2n) is 11.0. The van der Waals surface area contributed by atoms with E-state index in [1.807, 2.05) is 24.3 Å². The summed E-state index contributed by atoms with van der Waals surface area (Å²) in [6, 6.07) is 18.9. The molecule has 1 aliphatic heterocycles. The van der Waals surface area contributed by atoms with Gasteiger partial charge >= 0.3 is 0 Å². The van der Waals surface area contributed by atoms with Gasteiger partial charge in [0.2, 0.25) is 5.91 Å². The predicted molar refractivity (Wildman–Crippen MR) is 143 cm³/mol. The minimum Gasteiger partial charge on any atom is -0.424 e. The lowest BCUT2D eigenvalue weighted by Crippen LogP contribution is -2.41. The van der Waals surface area contributed by atoms with E-state index < -0.39 is 5.91 Å². The van der Waals surface area contributed by atoms with Crippen LogP contribution in [0.3, 0.4) is 0 Å². The summed E-state index contributed by atoms with van der Waals surface area (Å²) < 4.78 is 6.06. The van der Waals surface area contributed by atoms with Gasteiger partial charge in [0.1, 0.15) is 0 Å². The normalized spacial score (nSPS) is 26.7. The molecule has 3 aliphatic rings. The summed E-state index contributed by atoms with van der Waals surface area (Å²) in [4.78, 5) is 18.5. The van der Waals surface area contributed by atoms with Crippen LogP contribution in [0.25, 0.3) is 11.3 Å². The van der Waals surface area contributed by atoms with Crippen molar-refractivity contribution in [1.82, 2.24) is 4.98 Å². The minimum atomic E-state index is -0.440. The zero-order valence-electron chi connectivity index (χ0n) is 21.0. The quantitative estimate of drug-likeness (QED) is 0.442. The molecule has 5 atom stereocenters. The van der Waals surface area contributed by atoms with E-state index >= 15 is 0 Å². The van der Waals surface area contributed by atoms with Crippen LogP contribution in [0.15, 0.2) is 59.1 Å². The predicted octanol–water partition coefficient (Wildman–Crippen LogP) is 5.59. The van der Waals surface area contributed by atoms with Gasteiger partial charge in [-0.1, -0.05) is 25.0 Å². The van der Waals surface area contributed by atoms with Gasteiger partial charge in [0.05, 0.1) is 17.8 Å². The molecule has 1 amide bonds. The van der Waals surface area contributed by atoms with E-state index in [4.69, 9.17) is 15.4 Å². The van der Waals surface area contributed by atoms with E-state index in [-0.39, 0.29) is 0 Å². The van der Waals surface area contributed by atoms with Crippen LogP contribution >= 0.6 is 0 Å². The van der Waals surface area contributed by atoms with Crippen molar-refractivity contribution in [2.45, 2.75) is 57.0 Å². The molecule has 2 saturated carbocycles. The number of carbonyl (C=O) groups excluding carboxylic acids is 1. The highest BCUT2D eigenvalue weighted by Gasteiger charge is 2.46. The molecule has 1 aromatic heterocycles. The average molecular weight is 496 g/mol. The van der Waals surface area contributed by atoms with Crippen molar-refractivity contribution < 1.29 is 9.21 Å². The molecule has 190 valence electrons. The Kier molecular flexibility index (Phi) is 6.33. The smallest absolute Gasteiger partial charge is 0.295 e. The first-order chi connectivity index (χ1) is 18.1. The van der Waals surface area contributed by atoms with Crippen LogP contribution in [0, 0.1) is 29.1 Å². The van der Waals surface area contributed by atoms with Crippen molar-refractivity contribution in [1.29, 1.82) is 5.26 Å². The van der Waals surface area contributed by atoms with Crippen molar-refractivity contribution in [3.8, 4) is 17.4 Å². The van der Waals surface area contributed by atoms with E-state index in [0.29, 0.717) is 41.3 Å². The molecule has 1 saturated heterocycles. The summed E-state index contributed by atoms with van der Waals surface area (Å²) in [5, 5.41) is 12.8. The van der Waals surface area contributed by atoms with Crippen LogP contribution in [0.5, 0.6) is 0 Å². The lowest BCUT2D eigenvalue weighted by Gasteiger charge is -2.39. The fraction of sp³-hybridized carbons (Fsp3) is 0.433. The maximum Gasteiger partial charge on any atom is 0.295 e. The van der Waals surface area contributed by atoms with Crippen molar-refractivity contribution in [3.05, 3.63) is 65.9 Å². The average Bonchev–Trinajstić information content (AvgIpc) is 3.66. The van der Waals surface area contributed by atoms with E-state index in [2.05, 4.69) is 33.4 Å². The Bertz CT molecular complexity index is 1290. The number of fused-ring (bicyclic) bond motifs is 2. The molecule has 37 heavy (non-hydrogen) atoms. The first-order valence-electron chi connectivity index (χ1n) is 13.5. The Labute approximate surface area is 217 Å². The SMILES string of the molecule is N#Cc1ccc(N2C[C@@H]3C[C@H](C[C@@H]4CCCC[C@H]4Nc4ncc(-c5ccc(C(N)=O)cc5)o4)[C@H]2C3)cc1. The Morgan fingerprint density at radius 2 is 1.86 bits per heavy atom. The molecule has 7 nitrogen and oxygen atoms in total. The van der Waals surface area contributed by atoms with E-state index in [0.717, 1.165) is 30.0 Å². The molecule has 0 radical (unpaired) electrons. The monoisotopic (exact) mass is 495 g/mol. The van der Waals surface area contributed by atoms with Crippen molar-refractivity contribution >= 4 is 17.6 Å². The summed E-state index contributed by atoms with van der Waals surface area (Å²) in [6.07, 6.45) is 10.5. The molecule has 3 fully saturated rings. The molecule has 0 spiro atoms. The number of oxazole rings is 1. The van der Waals surface area contributed by atoms with Gasteiger partial charge in [-0.3, -0.25) is 4.79 Å². The molecule has 2 aliphatic carbocycles. The van der Waals surface area contributed by atoms with E-state index in [1.165, 1.54) is 44.2 Å². The van der Waals surface area contributed by atoms with Crippen LogP contribution < -0.4 is 16.0 Å². The van der Waals surface area contributed by atoms with Crippen LogP contribution in [0.2, 0.25) is 0 Å². The first-order valence-corrected chi connectivity index (χ1v) is 13.5.